The second-order valence-electron chi connectivity index (χ2n) is 8.49. The molecule has 1 aliphatic rings. The van der Waals surface area contributed by atoms with E-state index >= 15 is 0 Å². The minimum Gasteiger partial charge on any atom is -0.497 e. The zero-order valence-corrected chi connectivity index (χ0v) is 19.0. The Morgan fingerprint density at radius 1 is 0.970 bits per heavy atom. The van der Waals surface area contributed by atoms with Gasteiger partial charge in [0.1, 0.15) is 11.5 Å². The van der Waals surface area contributed by atoms with Crippen LogP contribution in [0.5, 0.6) is 11.5 Å². The molecule has 5 rings (SSSR count). The number of amides is 1. The summed E-state index contributed by atoms with van der Waals surface area (Å²) in [7, 11) is 3.30. The van der Waals surface area contributed by atoms with Crippen molar-refractivity contribution in [2.45, 2.75) is 25.3 Å². The number of methoxy groups -OCH3 is 2. The summed E-state index contributed by atoms with van der Waals surface area (Å²) in [6.07, 6.45) is 3.29. The lowest BCUT2D eigenvalue weighted by molar-refractivity contribution is -0.132. The molecule has 0 saturated heterocycles. The minimum absolute atomic E-state index is 0.147. The maximum Gasteiger partial charge on any atom is 0.223 e. The second-order valence-corrected chi connectivity index (χ2v) is 8.49. The molecule has 2 heterocycles. The number of nitrogens with one attached hydrogen (secondary N) is 1. The summed E-state index contributed by atoms with van der Waals surface area (Å²) in [6.45, 7) is 1.41. The van der Waals surface area contributed by atoms with Gasteiger partial charge in [-0.05, 0) is 35.2 Å². The van der Waals surface area contributed by atoms with Crippen LogP contribution >= 0.6 is 0 Å². The molecule has 5 heteroatoms. The lowest BCUT2D eigenvalue weighted by Gasteiger charge is -2.30. The van der Waals surface area contributed by atoms with Crippen LogP contribution in [0, 0.1) is 0 Å². The van der Waals surface area contributed by atoms with E-state index in [-0.39, 0.29) is 11.8 Å². The molecule has 1 aromatic heterocycles. The molecule has 4 aromatic rings. The van der Waals surface area contributed by atoms with E-state index in [0.717, 1.165) is 46.5 Å². The van der Waals surface area contributed by atoms with Crippen LogP contribution < -0.4 is 9.47 Å². The fourth-order valence-corrected chi connectivity index (χ4v) is 4.89. The molecule has 0 fully saturated rings. The van der Waals surface area contributed by atoms with Gasteiger partial charge in [-0.2, -0.15) is 0 Å². The van der Waals surface area contributed by atoms with E-state index in [1.165, 1.54) is 11.1 Å². The van der Waals surface area contributed by atoms with Gasteiger partial charge in [0, 0.05) is 54.2 Å². The molecule has 0 radical (unpaired) electrons. The van der Waals surface area contributed by atoms with Gasteiger partial charge in [-0.1, -0.05) is 48.5 Å². The molecule has 3 aromatic carbocycles. The number of aromatic nitrogens is 1. The maximum atomic E-state index is 13.6. The molecule has 0 spiro atoms. The van der Waals surface area contributed by atoms with Gasteiger partial charge in [0.25, 0.3) is 0 Å². The van der Waals surface area contributed by atoms with Crippen molar-refractivity contribution in [2.75, 3.05) is 20.8 Å². The highest BCUT2D eigenvalue weighted by Crippen LogP contribution is 2.40. The lowest BCUT2D eigenvalue weighted by Crippen LogP contribution is -2.36. The molecule has 0 bridgehead atoms. The number of rotatable bonds is 6. The van der Waals surface area contributed by atoms with Gasteiger partial charge in [0.05, 0.1) is 14.2 Å². The summed E-state index contributed by atoms with van der Waals surface area (Å²) < 4.78 is 11.1. The Bertz CT molecular complexity index is 1290. The van der Waals surface area contributed by atoms with E-state index < -0.39 is 0 Å². The van der Waals surface area contributed by atoms with Crippen LogP contribution in [0.4, 0.5) is 0 Å². The van der Waals surface area contributed by atoms with E-state index in [4.69, 9.17) is 9.47 Å². The molecule has 168 valence electrons. The van der Waals surface area contributed by atoms with Crippen molar-refractivity contribution in [2.24, 2.45) is 0 Å². The topological polar surface area (TPSA) is 54.6 Å². The number of ether oxygens (including phenoxy) is 2. The smallest absolute Gasteiger partial charge is 0.223 e. The van der Waals surface area contributed by atoms with Crippen molar-refractivity contribution in [1.29, 1.82) is 0 Å². The normalized spacial score (nSPS) is 14.1. The summed E-state index contributed by atoms with van der Waals surface area (Å²) in [4.78, 5) is 19.0. The SMILES string of the molecule is COc1ccc(C(CC(=O)N2CCc3ccccc3C2)c2c[nH]c3ccccc23)c(OC)c1. The number of aromatic amines is 1. The van der Waals surface area contributed by atoms with Gasteiger partial charge < -0.3 is 19.4 Å². The van der Waals surface area contributed by atoms with Crippen molar-refractivity contribution in [3.63, 3.8) is 0 Å². The van der Waals surface area contributed by atoms with E-state index in [9.17, 15) is 4.79 Å². The highest BCUT2D eigenvalue weighted by molar-refractivity contribution is 5.86. The molecule has 5 nitrogen and oxygen atoms in total. The first-order chi connectivity index (χ1) is 16.2. The average molecular weight is 441 g/mol. The standard InChI is InChI=1S/C28H28N2O3/c1-32-21-11-12-23(27(15-21)33-2)24(25-17-29-26-10-6-5-9-22(25)26)16-28(31)30-14-13-19-7-3-4-8-20(19)18-30/h3-12,15,17,24,29H,13-14,16,18H2,1-2H3. The summed E-state index contributed by atoms with van der Waals surface area (Å²) >= 11 is 0. The lowest BCUT2D eigenvalue weighted by atomic mass is 9.86. The zero-order chi connectivity index (χ0) is 22.8. The van der Waals surface area contributed by atoms with Gasteiger partial charge in [-0.15, -0.1) is 0 Å². The Balaban J connectivity index is 1.52. The van der Waals surface area contributed by atoms with Crippen LogP contribution in [-0.2, 0) is 17.8 Å². The van der Waals surface area contributed by atoms with E-state index in [1.54, 1.807) is 14.2 Å². The Kier molecular flexibility index (Phi) is 5.78. The molecular weight excluding hydrogens is 412 g/mol. The molecule has 1 aliphatic heterocycles. The Labute approximate surface area is 193 Å². The third-order valence-electron chi connectivity index (χ3n) is 6.67. The van der Waals surface area contributed by atoms with Gasteiger partial charge in [0.2, 0.25) is 5.91 Å². The summed E-state index contributed by atoms with van der Waals surface area (Å²) in [5.41, 5.74) is 5.72. The summed E-state index contributed by atoms with van der Waals surface area (Å²) in [5.74, 6) is 1.46. The van der Waals surface area contributed by atoms with Crippen LogP contribution in [0.1, 0.15) is 34.6 Å². The van der Waals surface area contributed by atoms with Crippen molar-refractivity contribution in [3.8, 4) is 11.5 Å². The predicted molar refractivity (Wildman–Crippen MR) is 130 cm³/mol. The van der Waals surface area contributed by atoms with Gasteiger partial charge in [-0.25, -0.2) is 0 Å². The van der Waals surface area contributed by atoms with Crippen molar-refractivity contribution in [3.05, 3.63) is 95.2 Å². The predicted octanol–water partition coefficient (Wildman–Crippen LogP) is 5.29. The van der Waals surface area contributed by atoms with Crippen LogP contribution in [0.3, 0.4) is 0 Å². The molecule has 33 heavy (non-hydrogen) atoms. The van der Waals surface area contributed by atoms with Crippen molar-refractivity contribution in [1.82, 2.24) is 9.88 Å². The van der Waals surface area contributed by atoms with Crippen molar-refractivity contribution >= 4 is 16.8 Å². The molecule has 1 atom stereocenters. The van der Waals surface area contributed by atoms with E-state index in [1.807, 2.05) is 47.5 Å². The molecular formula is C28H28N2O3. The average Bonchev–Trinajstić information content (AvgIpc) is 3.30. The Morgan fingerprint density at radius 2 is 1.76 bits per heavy atom. The number of para-hydroxylation sites is 1. The first-order valence-electron chi connectivity index (χ1n) is 11.3. The number of H-pyrrole nitrogens is 1. The van der Waals surface area contributed by atoms with E-state index in [2.05, 4.69) is 35.3 Å². The maximum absolute atomic E-state index is 13.6. The van der Waals surface area contributed by atoms with E-state index in [0.29, 0.717) is 13.0 Å². The third kappa shape index (κ3) is 4.07. The highest BCUT2D eigenvalue weighted by atomic mass is 16.5. The van der Waals surface area contributed by atoms with Crippen LogP contribution in [0.15, 0.2) is 72.9 Å². The highest BCUT2D eigenvalue weighted by Gasteiger charge is 2.28. The largest absolute Gasteiger partial charge is 0.497 e. The number of nitrogens with zero attached hydrogens (tertiary/aromatic N) is 1. The van der Waals surface area contributed by atoms with Crippen LogP contribution in [-0.4, -0.2) is 36.6 Å². The number of carbonyl (C=O) groups excluding carboxylic acids is 1. The Morgan fingerprint density at radius 3 is 2.58 bits per heavy atom. The molecule has 1 amide bonds. The molecule has 0 aliphatic carbocycles. The molecule has 1 N–H and O–H groups in total. The zero-order valence-electron chi connectivity index (χ0n) is 19.0. The summed E-state index contributed by atoms with van der Waals surface area (Å²) in [5, 5.41) is 1.12. The van der Waals surface area contributed by atoms with Gasteiger partial charge in [-0.3, -0.25) is 4.79 Å². The summed E-state index contributed by atoms with van der Waals surface area (Å²) in [6, 6.07) is 22.4. The fourth-order valence-electron chi connectivity index (χ4n) is 4.89. The molecule has 0 saturated carbocycles. The number of fused-ring (bicyclic) bond motifs is 2. The number of carbonyl (C=O) groups is 1. The van der Waals surface area contributed by atoms with Crippen LogP contribution in [0.25, 0.3) is 10.9 Å². The first-order valence-corrected chi connectivity index (χ1v) is 11.3. The van der Waals surface area contributed by atoms with Crippen LogP contribution in [0.2, 0.25) is 0 Å². The monoisotopic (exact) mass is 440 g/mol. The number of hydrogen-bond donors (Lipinski definition) is 1. The number of benzene rings is 3. The van der Waals surface area contributed by atoms with Gasteiger partial charge >= 0.3 is 0 Å². The van der Waals surface area contributed by atoms with Crippen molar-refractivity contribution < 1.29 is 14.3 Å². The fraction of sp³-hybridized carbons (Fsp3) is 0.250. The van der Waals surface area contributed by atoms with Gasteiger partial charge in [0.15, 0.2) is 0 Å². The quantitative estimate of drug-likeness (QED) is 0.443. The minimum atomic E-state index is -0.147. The second kappa shape index (κ2) is 9.02. The Hall–Kier alpha value is -3.73. The molecule has 1 unspecified atom stereocenters. The number of hydrogen-bond acceptors (Lipinski definition) is 3. The third-order valence-corrected chi connectivity index (χ3v) is 6.67. The first kappa shape index (κ1) is 21.1.